The molecule has 1 aliphatic carbocycles. The van der Waals surface area contributed by atoms with E-state index < -0.39 is 11.7 Å². The number of carbonyl (C=O) groups is 1. The molecule has 0 aromatic heterocycles. The van der Waals surface area contributed by atoms with Crippen molar-refractivity contribution in [3.63, 3.8) is 0 Å². The Hall–Kier alpha value is -0.770. The van der Waals surface area contributed by atoms with Crippen molar-refractivity contribution in [1.29, 1.82) is 0 Å². The first-order valence-corrected chi connectivity index (χ1v) is 5.12. The molecule has 0 radical (unpaired) electrons. The molecule has 4 heteroatoms. The Labute approximate surface area is 84.4 Å². The summed E-state index contributed by atoms with van der Waals surface area (Å²) in [6, 6.07) is 0. The molecular formula is C10H19NO3. The Bertz CT molecular complexity index is 207. The number of rotatable bonds is 2. The van der Waals surface area contributed by atoms with Gasteiger partial charge in [0.2, 0.25) is 0 Å². The molecule has 82 valence electrons. The second kappa shape index (κ2) is 4.17. The Morgan fingerprint density at radius 2 is 2.00 bits per heavy atom. The normalized spacial score (nSPS) is 33.0. The van der Waals surface area contributed by atoms with Gasteiger partial charge in [0, 0.05) is 0 Å². The van der Waals surface area contributed by atoms with Crippen molar-refractivity contribution in [3.05, 3.63) is 0 Å². The van der Waals surface area contributed by atoms with Crippen LogP contribution in [0, 0.1) is 5.92 Å². The van der Waals surface area contributed by atoms with Crippen LogP contribution in [0.15, 0.2) is 0 Å². The maximum atomic E-state index is 10.5. The molecule has 1 amide bonds. The van der Waals surface area contributed by atoms with Gasteiger partial charge >= 0.3 is 6.09 Å². The Morgan fingerprint density at radius 3 is 2.36 bits per heavy atom. The second-order valence-electron chi connectivity index (χ2n) is 4.39. The Kier molecular flexibility index (Phi) is 3.37. The molecule has 0 unspecified atom stereocenters. The van der Waals surface area contributed by atoms with Crippen molar-refractivity contribution in [2.75, 3.05) is 0 Å². The van der Waals surface area contributed by atoms with Gasteiger partial charge in [-0.05, 0) is 31.6 Å². The topological polar surface area (TPSA) is 72.6 Å². The molecule has 4 nitrogen and oxygen atoms in total. The molecular weight excluding hydrogens is 182 g/mol. The number of amides is 1. The van der Waals surface area contributed by atoms with Crippen molar-refractivity contribution >= 4 is 6.09 Å². The number of hydrogen-bond acceptors (Lipinski definition) is 3. The molecule has 0 spiro atoms. The molecule has 0 heterocycles. The van der Waals surface area contributed by atoms with E-state index in [4.69, 9.17) is 10.5 Å². The van der Waals surface area contributed by atoms with Crippen molar-refractivity contribution < 1.29 is 14.6 Å². The standard InChI is InChI=1S/C10H19NO3/c1-7(2)10(13)5-3-8(4-6-10)14-9(11)12/h7-8,13H,3-6H2,1-2H3,(H2,11,12). The zero-order valence-electron chi connectivity index (χ0n) is 8.82. The SMILES string of the molecule is CC(C)C1(O)CCC(OC(N)=O)CC1. The van der Waals surface area contributed by atoms with E-state index in [-0.39, 0.29) is 12.0 Å². The summed E-state index contributed by atoms with van der Waals surface area (Å²) in [6.07, 6.45) is 1.96. The summed E-state index contributed by atoms with van der Waals surface area (Å²) in [5.41, 5.74) is 4.34. The lowest BCUT2D eigenvalue weighted by Crippen LogP contribution is -2.41. The zero-order chi connectivity index (χ0) is 10.8. The van der Waals surface area contributed by atoms with Crippen molar-refractivity contribution in [1.82, 2.24) is 0 Å². The zero-order valence-corrected chi connectivity index (χ0v) is 8.82. The predicted octanol–water partition coefficient (Wildman–Crippen LogP) is 1.41. The van der Waals surface area contributed by atoms with Crippen LogP contribution < -0.4 is 5.73 Å². The van der Waals surface area contributed by atoms with E-state index in [1.54, 1.807) is 0 Å². The highest BCUT2D eigenvalue weighted by Crippen LogP contribution is 2.35. The van der Waals surface area contributed by atoms with Crippen LogP contribution in [0.25, 0.3) is 0 Å². The molecule has 0 aromatic rings. The molecule has 1 rings (SSSR count). The summed E-state index contributed by atoms with van der Waals surface area (Å²) < 4.78 is 4.89. The van der Waals surface area contributed by atoms with Gasteiger partial charge in [0.1, 0.15) is 6.10 Å². The molecule has 1 aliphatic rings. The van der Waals surface area contributed by atoms with Crippen LogP contribution in [0.1, 0.15) is 39.5 Å². The summed E-state index contributed by atoms with van der Waals surface area (Å²) in [5, 5.41) is 10.1. The highest BCUT2D eigenvalue weighted by molar-refractivity contribution is 5.64. The van der Waals surface area contributed by atoms with Crippen LogP contribution in [0.5, 0.6) is 0 Å². The Balaban J connectivity index is 2.41. The van der Waals surface area contributed by atoms with Gasteiger partial charge in [0.05, 0.1) is 5.60 Å². The van der Waals surface area contributed by atoms with Crippen LogP contribution in [0.2, 0.25) is 0 Å². The number of nitrogens with two attached hydrogens (primary N) is 1. The van der Waals surface area contributed by atoms with E-state index in [0.717, 1.165) is 0 Å². The van der Waals surface area contributed by atoms with Crippen molar-refractivity contribution in [3.8, 4) is 0 Å². The first kappa shape index (κ1) is 11.3. The molecule has 1 fully saturated rings. The largest absolute Gasteiger partial charge is 0.446 e. The molecule has 0 aliphatic heterocycles. The van der Waals surface area contributed by atoms with Crippen LogP contribution in [-0.2, 0) is 4.74 Å². The first-order valence-electron chi connectivity index (χ1n) is 5.12. The third-order valence-electron chi connectivity index (χ3n) is 3.16. The molecule has 0 bridgehead atoms. The number of carbonyl (C=O) groups excluding carboxylic acids is 1. The van der Waals surface area contributed by atoms with Gasteiger partial charge < -0.3 is 15.6 Å². The predicted molar refractivity (Wildman–Crippen MR) is 52.7 cm³/mol. The maximum absolute atomic E-state index is 10.5. The minimum absolute atomic E-state index is 0.105. The van der Waals surface area contributed by atoms with Gasteiger partial charge in [-0.25, -0.2) is 4.79 Å². The second-order valence-corrected chi connectivity index (χ2v) is 4.39. The molecule has 1 saturated carbocycles. The third-order valence-corrected chi connectivity index (χ3v) is 3.16. The van der Waals surface area contributed by atoms with Gasteiger partial charge in [-0.3, -0.25) is 0 Å². The summed E-state index contributed by atoms with van der Waals surface area (Å²) in [6.45, 7) is 4.02. The lowest BCUT2D eigenvalue weighted by atomic mass is 9.76. The average Bonchev–Trinajstić information content (AvgIpc) is 2.08. The van der Waals surface area contributed by atoms with Gasteiger partial charge in [0.25, 0.3) is 0 Å². The van der Waals surface area contributed by atoms with Gasteiger partial charge in [-0.1, -0.05) is 13.8 Å². The summed E-state index contributed by atoms with van der Waals surface area (Å²) >= 11 is 0. The quantitative estimate of drug-likeness (QED) is 0.709. The number of aliphatic hydroxyl groups is 1. The lowest BCUT2D eigenvalue weighted by Gasteiger charge is -2.38. The summed E-state index contributed by atoms with van der Waals surface area (Å²) in [5.74, 6) is 0.247. The van der Waals surface area contributed by atoms with Gasteiger partial charge in [-0.15, -0.1) is 0 Å². The number of hydrogen-bond donors (Lipinski definition) is 2. The van der Waals surface area contributed by atoms with Crippen molar-refractivity contribution in [2.45, 2.75) is 51.2 Å². The van der Waals surface area contributed by atoms with Crippen LogP contribution >= 0.6 is 0 Å². The molecule has 14 heavy (non-hydrogen) atoms. The molecule has 0 aromatic carbocycles. The molecule has 3 N–H and O–H groups in total. The molecule has 0 saturated heterocycles. The monoisotopic (exact) mass is 201 g/mol. The average molecular weight is 201 g/mol. The highest BCUT2D eigenvalue weighted by atomic mass is 16.6. The van der Waals surface area contributed by atoms with Gasteiger partial charge in [-0.2, -0.15) is 0 Å². The van der Waals surface area contributed by atoms with Crippen LogP contribution in [0.3, 0.4) is 0 Å². The van der Waals surface area contributed by atoms with Crippen LogP contribution in [0.4, 0.5) is 4.79 Å². The first-order chi connectivity index (χ1) is 6.44. The fourth-order valence-corrected chi connectivity index (χ4v) is 1.95. The smallest absolute Gasteiger partial charge is 0.404 e. The lowest BCUT2D eigenvalue weighted by molar-refractivity contribution is -0.0651. The summed E-state index contributed by atoms with van der Waals surface area (Å²) in [7, 11) is 0. The van der Waals surface area contributed by atoms with E-state index in [1.807, 2.05) is 13.8 Å². The van der Waals surface area contributed by atoms with E-state index in [0.29, 0.717) is 25.7 Å². The third kappa shape index (κ3) is 2.61. The number of ether oxygens (including phenoxy) is 1. The highest BCUT2D eigenvalue weighted by Gasteiger charge is 2.36. The maximum Gasteiger partial charge on any atom is 0.404 e. The summed E-state index contributed by atoms with van der Waals surface area (Å²) in [4.78, 5) is 10.5. The van der Waals surface area contributed by atoms with Gasteiger partial charge in [0.15, 0.2) is 0 Å². The van der Waals surface area contributed by atoms with E-state index in [2.05, 4.69) is 0 Å². The molecule has 0 atom stereocenters. The minimum Gasteiger partial charge on any atom is -0.446 e. The minimum atomic E-state index is -0.718. The Morgan fingerprint density at radius 1 is 1.50 bits per heavy atom. The van der Waals surface area contributed by atoms with Crippen molar-refractivity contribution in [2.24, 2.45) is 11.7 Å². The van der Waals surface area contributed by atoms with E-state index in [9.17, 15) is 9.90 Å². The van der Waals surface area contributed by atoms with E-state index in [1.165, 1.54) is 0 Å². The number of primary amides is 1. The fourth-order valence-electron chi connectivity index (χ4n) is 1.95. The van der Waals surface area contributed by atoms with Crippen LogP contribution in [-0.4, -0.2) is 22.9 Å². The fraction of sp³-hybridized carbons (Fsp3) is 0.900. The van der Waals surface area contributed by atoms with E-state index >= 15 is 0 Å².